The number of amides is 1. The lowest BCUT2D eigenvalue weighted by Crippen LogP contribution is -2.31. The van der Waals surface area contributed by atoms with Crippen molar-refractivity contribution in [3.05, 3.63) is 17.5 Å². The molecule has 2 rings (SSSR count). The first kappa shape index (κ1) is 13.6. The molecule has 0 unspecified atom stereocenters. The minimum absolute atomic E-state index is 0.00145. The Hall–Kier alpha value is -0.840. The molecule has 1 aromatic rings. The summed E-state index contributed by atoms with van der Waals surface area (Å²) < 4.78 is 1.68. The zero-order valence-electron chi connectivity index (χ0n) is 10.9. The van der Waals surface area contributed by atoms with Crippen molar-refractivity contribution in [2.24, 2.45) is 13.0 Å². The Bertz CT molecular complexity index is 422. The lowest BCUT2D eigenvalue weighted by Gasteiger charge is -2.25. The first-order valence-electron chi connectivity index (χ1n) is 6.48. The summed E-state index contributed by atoms with van der Waals surface area (Å²) >= 11 is 3.65. The van der Waals surface area contributed by atoms with Crippen LogP contribution in [0.15, 0.2) is 6.20 Å². The molecule has 18 heavy (non-hydrogen) atoms. The molecular weight excluding hydrogens is 294 g/mol. The number of rotatable bonds is 3. The van der Waals surface area contributed by atoms with Crippen LogP contribution in [0.3, 0.4) is 0 Å². The third-order valence-electron chi connectivity index (χ3n) is 3.59. The second kappa shape index (κ2) is 5.87. The molecule has 0 radical (unpaired) electrons. The van der Waals surface area contributed by atoms with Gasteiger partial charge >= 0.3 is 0 Å². The minimum Gasteiger partial charge on any atom is -0.352 e. The number of nitrogens with zero attached hydrogens (tertiary/aromatic N) is 2. The van der Waals surface area contributed by atoms with Gasteiger partial charge in [0, 0.05) is 24.6 Å². The van der Waals surface area contributed by atoms with Gasteiger partial charge in [0.15, 0.2) is 0 Å². The van der Waals surface area contributed by atoms with Gasteiger partial charge in [-0.05, 0) is 38.5 Å². The summed E-state index contributed by atoms with van der Waals surface area (Å²) in [4.78, 5) is 12.7. The van der Waals surface area contributed by atoms with Crippen LogP contribution in [0, 0.1) is 12.8 Å². The summed E-state index contributed by atoms with van der Waals surface area (Å²) in [5.74, 6) is 0.626. The molecule has 1 heterocycles. The summed E-state index contributed by atoms with van der Waals surface area (Å²) in [5, 5.41) is 7.22. The Balaban J connectivity index is 1.83. The molecule has 1 aliphatic carbocycles. The van der Waals surface area contributed by atoms with Gasteiger partial charge in [-0.3, -0.25) is 9.48 Å². The Morgan fingerprint density at radius 1 is 1.50 bits per heavy atom. The maximum atomic E-state index is 12.0. The standard InChI is InChI=1S/C13H20BrN3O/c1-9-12(8-17(2)16-9)13(18)15-7-10-3-5-11(14)6-4-10/h8,10-11H,3-7H2,1-2H3,(H,15,18). The average Bonchev–Trinajstić information content (AvgIpc) is 2.67. The number of aryl methyl sites for hydroxylation is 2. The van der Waals surface area contributed by atoms with Crippen molar-refractivity contribution < 1.29 is 4.79 Å². The largest absolute Gasteiger partial charge is 0.352 e. The molecule has 4 nitrogen and oxygen atoms in total. The Morgan fingerprint density at radius 2 is 2.17 bits per heavy atom. The van der Waals surface area contributed by atoms with E-state index >= 15 is 0 Å². The molecule has 0 saturated heterocycles. The summed E-state index contributed by atoms with van der Waals surface area (Å²) in [6.45, 7) is 2.65. The van der Waals surface area contributed by atoms with E-state index < -0.39 is 0 Å². The number of hydrogen-bond donors (Lipinski definition) is 1. The predicted molar refractivity (Wildman–Crippen MR) is 75.0 cm³/mol. The molecule has 100 valence electrons. The quantitative estimate of drug-likeness (QED) is 0.871. The van der Waals surface area contributed by atoms with Gasteiger partial charge < -0.3 is 5.32 Å². The lowest BCUT2D eigenvalue weighted by molar-refractivity contribution is 0.0943. The first-order chi connectivity index (χ1) is 8.56. The van der Waals surface area contributed by atoms with Crippen molar-refractivity contribution in [2.45, 2.75) is 37.4 Å². The van der Waals surface area contributed by atoms with Gasteiger partial charge in [-0.1, -0.05) is 15.9 Å². The van der Waals surface area contributed by atoms with Crippen molar-refractivity contribution in [1.82, 2.24) is 15.1 Å². The van der Waals surface area contributed by atoms with Gasteiger partial charge in [-0.15, -0.1) is 0 Å². The van der Waals surface area contributed by atoms with Gasteiger partial charge in [-0.25, -0.2) is 0 Å². The summed E-state index contributed by atoms with van der Waals surface area (Å²) in [6, 6.07) is 0. The van der Waals surface area contributed by atoms with Crippen molar-refractivity contribution >= 4 is 21.8 Å². The number of nitrogens with one attached hydrogen (secondary N) is 1. The van der Waals surface area contributed by atoms with Gasteiger partial charge in [0.05, 0.1) is 11.3 Å². The highest BCUT2D eigenvalue weighted by Crippen LogP contribution is 2.28. The van der Waals surface area contributed by atoms with E-state index in [1.165, 1.54) is 25.7 Å². The van der Waals surface area contributed by atoms with Gasteiger partial charge in [0.25, 0.3) is 5.91 Å². The molecule has 0 bridgehead atoms. The van der Waals surface area contributed by atoms with Crippen LogP contribution in [0.5, 0.6) is 0 Å². The molecule has 0 atom stereocenters. The van der Waals surface area contributed by atoms with Crippen molar-refractivity contribution in [3.8, 4) is 0 Å². The van der Waals surface area contributed by atoms with E-state index in [9.17, 15) is 4.79 Å². The molecule has 5 heteroatoms. The minimum atomic E-state index is 0.00145. The summed E-state index contributed by atoms with van der Waals surface area (Å²) in [6.07, 6.45) is 6.60. The number of aromatic nitrogens is 2. The van der Waals surface area contributed by atoms with Crippen LogP contribution in [0.25, 0.3) is 0 Å². The van der Waals surface area contributed by atoms with Crippen LogP contribution < -0.4 is 5.32 Å². The van der Waals surface area contributed by atoms with E-state index in [1.807, 2.05) is 14.0 Å². The third-order valence-corrected chi connectivity index (χ3v) is 4.50. The van der Waals surface area contributed by atoms with Crippen LogP contribution in [-0.4, -0.2) is 27.1 Å². The summed E-state index contributed by atoms with van der Waals surface area (Å²) in [7, 11) is 1.83. The molecule has 1 N–H and O–H groups in total. The molecule has 1 fully saturated rings. The Morgan fingerprint density at radius 3 is 2.72 bits per heavy atom. The van der Waals surface area contributed by atoms with Gasteiger partial charge in [0.2, 0.25) is 0 Å². The van der Waals surface area contributed by atoms with Crippen molar-refractivity contribution in [3.63, 3.8) is 0 Å². The Kier molecular flexibility index (Phi) is 4.43. The van der Waals surface area contributed by atoms with E-state index in [0.29, 0.717) is 16.3 Å². The first-order valence-corrected chi connectivity index (χ1v) is 7.40. The Labute approximate surface area is 116 Å². The molecular formula is C13H20BrN3O. The zero-order valence-corrected chi connectivity index (χ0v) is 12.5. The monoisotopic (exact) mass is 313 g/mol. The fourth-order valence-electron chi connectivity index (χ4n) is 2.48. The summed E-state index contributed by atoms with van der Waals surface area (Å²) in [5.41, 5.74) is 1.48. The second-order valence-corrected chi connectivity index (χ2v) is 6.42. The number of halogens is 1. The van der Waals surface area contributed by atoms with Gasteiger partial charge in [0.1, 0.15) is 0 Å². The number of carbonyl (C=O) groups excluding carboxylic acids is 1. The second-order valence-electron chi connectivity index (χ2n) is 5.13. The van der Waals surface area contributed by atoms with Crippen LogP contribution in [-0.2, 0) is 7.05 Å². The SMILES string of the molecule is Cc1nn(C)cc1C(=O)NCC1CCC(Br)CC1. The molecule has 0 aromatic carbocycles. The molecule has 1 saturated carbocycles. The van der Waals surface area contributed by atoms with E-state index in [0.717, 1.165) is 12.2 Å². The van der Waals surface area contributed by atoms with Crippen LogP contribution in [0.1, 0.15) is 41.7 Å². The highest BCUT2D eigenvalue weighted by Gasteiger charge is 2.20. The van der Waals surface area contributed by atoms with Crippen molar-refractivity contribution in [2.75, 3.05) is 6.54 Å². The zero-order chi connectivity index (χ0) is 13.1. The number of alkyl halides is 1. The molecule has 0 aliphatic heterocycles. The number of carbonyl (C=O) groups is 1. The van der Waals surface area contributed by atoms with Crippen LogP contribution in [0.4, 0.5) is 0 Å². The van der Waals surface area contributed by atoms with Crippen LogP contribution in [0.2, 0.25) is 0 Å². The molecule has 0 spiro atoms. The molecule has 1 aromatic heterocycles. The van der Waals surface area contributed by atoms with E-state index in [-0.39, 0.29) is 5.91 Å². The van der Waals surface area contributed by atoms with E-state index in [4.69, 9.17) is 0 Å². The maximum Gasteiger partial charge on any atom is 0.254 e. The maximum absolute atomic E-state index is 12.0. The number of hydrogen-bond acceptors (Lipinski definition) is 2. The van der Waals surface area contributed by atoms with E-state index in [1.54, 1.807) is 10.9 Å². The molecule has 1 amide bonds. The fourth-order valence-corrected chi connectivity index (χ4v) is 3.01. The van der Waals surface area contributed by atoms with Crippen LogP contribution >= 0.6 is 15.9 Å². The van der Waals surface area contributed by atoms with Crippen molar-refractivity contribution in [1.29, 1.82) is 0 Å². The highest BCUT2D eigenvalue weighted by atomic mass is 79.9. The van der Waals surface area contributed by atoms with Gasteiger partial charge in [-0.2, -0.15) is 5.10 Å². The highest BCUT2D eigenvalue weighted by molar-refractivity contribution is 9.09. The lowest BCUT2D eigenvalue weighted by atomic mass is 9.89. The topological polar surface area (TPSA) is 46.9 Å². The third kappa shape index (κ3) is 3.34. The smallest absolute Gasteiger partial charge is 0.254 e. The average molecular weight is 314 g/mol. The molecule has 1 aliphatic rings. The normalized spacial score (nSPS) is 23.9. The fraction of sp³-hybridized carbons (Fsp3) is 0.692. The predicted octanol–water partition coefficient (Wildman–Crippen LogP) is 2.41. The van der Waals surface area contributed by atoms with E-state index in [2.05, 4.69) is 26.3 Å².